The predicted octanol–water partition coefficient (Wildman–Crippen LogP) is 1.11. The van der Waals surface area contributed by atoms with Gasteiger partial charge >= 0.3 is 9.85 Å². The van der Waals surface area contributed by atoms with Crippen molar-refractivity contribution >= 4 is 9.85 Å². The summed E-state index contributed by atoms with van der Waals surface area (Å²) in [7, 11) is -0.523. The standard InChI is InChI=1S/C3H5FSi/c1-2-3-5-4/h2-3H,1H3. The van der Waals surface area contributed by atoms with E-state index in [1.165, 1.54) is 5.70 Å². The second kappa shape index (κ2) is 3.89. The summed E-state index contributed by atoms with van der Waals surface area (Å²) >= 11 is 0. The number of halogens is 1. The van der Waals surface area contributed by atoms with Crippen LogP contribution in [0.3, 0.4) is 0 Å². The monoisotopic (exact) mass is 88.0 g/mol. The van der Waals surface area contributed by atoms with Crippen LogP contribution in [0.25, 0.3) is 0 Å². The predicted molar refractivity (Wildman–Crippen MR) is 21.7 cm³/mol. The van der Waals surface area contributed by atoms with E-state index in [1.54, 1.807) is 13.0 Å². The zero-order valence-corrected chi connectivity index (χ0v) is 4.03. The zero-order chi connectivity index (χ0) is 4.12. The van der Waals surface area contributed by atoms with Gasteiger partial charge in [0.05, 0.1) is 0 Å². The number of allylic oxidation sites excluding steroid dienone is 1. The molecular weight excluding hydrogens is 83.1 g/mol. The Bertz CT molecular complexity index is 33.9. The van der Waals surface area contributed by atoms with Gasteiger partial charge in [0.2, 0.25) is 0 Å². The molecule has 0 aromatic rings. The number of rotatable bonds is 1. The van der Waals surface area contributed by atoms with Gasteiger partial charge in [-0.3, -0.25) is 0 Å². The van der Waals surface area contributed by atoms with Gasteiger partial charge in [0.15, 0.2) is 0 Å². The first kappa shape index (κ1) is 4.89. The summed E-state index contributed by atoms with van der Waals surface area (Å²) in [6.07, 6.45) is 1.69. The van der Waals surface area contributed by atoms with Crippen molar-refractivity contribution in [3.63, 3.8) is 0 Å². The Morgan fingerprint density at radius 2 is 2.40 bits per heavy atom. The van der Waals surface area contributed by atoms with Crippen molar-refractivity contribution in [1.82, 2.24) is 0 Å². The summed E-state index contributed by atoms with van der Waals surface area (Å²) in [5.41, 5.74) is 1.49. The van der Waals surface area contributed by atoms with Crippen LogP contribution in [-0.2, 0) is 0 Å². The lowest BCUT2D eigenvalue weighted by Gasteiger charge is -1.57. The van der Waals surface area contributed by atoms with Crippen LogP contribution >= 0.6 is 0 Å². The maximum absolute atomic E-state index is 10.9. The molecule has 0 saturated carbocycles. The maximum atomic E-state index is 10.9. The summed E-state index contributed by atoms with van der Waals surface area (Å²) in [4.78, 5) is 0. The highest BCUT2D eigenvalue weighted by atomic mass is 28.3. The van der Waals surface area contributed by atoms with Crippen LogP contribution in [-0.4, -0.2) is 9.85 Å². The Morgan fingerprint density at radius 1 is 1.80 bits per heavy atom. The first-order valence-electron chi connectivity index (χ1n) is 1.39. The molecule has 0 saturated heterocycles. The van der Waals surface area contributed by atoms with Crippen LogP contribution < -0.4 is 0 Å². The van der Waals surface area contributed by atoms with Gasteiger partial charge in [-0.2, -0.15) is 0 Å². The minimum absolute atomic E-state index is 0.523. The molecular formula is C3H5FSi. The highest BCUT2D eigenvalue weighted by molar-refractivity contribution is 6.33. The third-order valence-corrected chi connectivity index (χ3v) is 0.689. The van der Waals surface area contributed by atoms with Gasteiger partial charge in [-0.1, -0.05) is 11.8 Å². The fraction of sp³-hybridized carbons (Fsp3) is 0.333. The Labute approximate surface area is 33.7 Å². The molecule has 0 aliphatic carbocycles. The van der Waals surface area contributed by atoms with Crippen molar-refractivity contribution < 1.29 is 4.11 Å². The zero-order valence-electron chi connectivity index (χ0n) is 3.03. The molecule has 0 atom stereocenters. The van der Waals surface area contributed by atoms with E-state index >= 15 is 0 Å². The Morgan fingerprint density at radius 3 is 2.40 bits per heavy atom. The van der Waals surface area contributed by atoms with Gasteiger partial charge in [-0.05, 0) is 6.92 Å². The molecule has 0 unspecified atom stereocenters. The van der Waals surface area contributed by atoms with Crippen molar-refractivity contribution in [1.29, 1.82) is 0 Å². The van der Waals surface area contributed by atoms with E-state index in [0.29, 0.717) is 0 Å². The lowest BCUT2D eigenvalue weighted by molar-refractivity contribution is 0.883. The van der Waals surface area contributed by atoms with Crippen LogP contribution in [0.2, 0.25) is 0 Å². The van der Waals surface area contributed by atoms with E-state index in [4.69, 9.17) is 0 Å². The topological polar surface area (TPSA) is 0 Å². The van der Waals surface area contributed by atoms with E-state index in [-0.39, 0.29) is 0 Å². The molecule has 2 heteroatoms. The largest absolute Gasteiger partial charge is 0.325 e. The summed E-state index contributed by atoms with van der Waals surface area (Å²) < 4.78 is 10.9. The van der Waals surface area contributed by atoms with Crippen molar-refractivity contribution in [3.05, 3.63) is 11.8 Å². The van der Waals surface area contributed by atoms with E-state index in [0.717, 1.165) is 0 Å². The Balaban J connectivity index is 2.62. The van der Waals surface area contributed by atoms with Crippen LogP contribution in [0.15, 0.2) is 11.8 Å². The molecule has 0 aromatic carbocycles. The lowest BCUT2D eigenvalue weighted by atomic mass is 10.8. The molecule has 0 spiro atoms. The third-order valence-electron chi connectivity index (χ3n) is 0.230. The molecule has 0 heterocycles. The second-order valence-electron chi connectivity index (χ2n) is 0.609. The van der Waals surface area contributed by atoms with Crippen LogP contribution in [0.5, 0.6) is 0 Å². The molecule has 0 bridgehead atoms. The second-order valence-corrected chi connectivity index (χ2v) is 1.16. The van der Waals surface area contributed by atoms with Crippen LogP contribution in [0.1, 0.15) is 6.92 Å². The number of hydrogen-bond donors (Lipinski definition) is 0. The molecule has 28 valence electrons. The summed E-state index contributed by atoms with van der Waals surface area (Å²) in [6, 6.07) is 0. The van der Waals surface area contributed by atoms with E-state index in [2.05, 4.69) is 0 Å². The van der Waals surface area contributed by atoms with Gasteiger partial charge < -0.3 is 4.11 Å². The molecule has 0 aliphatic rings. The number of hydrogen-bond acceptors (Lipinski definition) is 0. The van der Waals surface area contributed by atoms with Gasteiger partial charge in [0.1, 0.15) is 0 Å². The average molecular weight is 88.2 g/mol. The van der Waals surface area contributed by atoms with Gasteiger partial charge in [0, 0.05) is 0 Å². The molecule has 0 rings (SSSR count). The highest BCUT2D eigenvalue weighted by Crippen LogP contribution is 1.63. The Kier molecular flexibility index (Phi) is 3.80. The van der Waals surface area contributed by atoms with Crippen molar-refractivity contribution in [2.75, 3.05) is 0 Å². The van der Waals surface area contributed by atoms with Crippen molar-refractivity contribution in [2.24, 2.45) is 0 Å². The summed E-state index contributed by atoms with van der Waals surface area (Å²) in [6.45, 7) is 1.80. The Hall–Kier alpha value is -0.113. The molecule has 5 heavy (non-hydrogen) atoms. The molecule has 0 N–H and O–H groups in total. The van der Waals surface area contributed by atoms with Gasteiger partial charge in [0.25, 0.3) is 0 Å². The molecule has 0 nitrogen and oxygen atoms in total. The van der Waals surface area contributed by atoms with Crippen molar-refractivity contribution in [2.45, 2.75) is 6.92 Å². The maximum Gasteiger partial charge on any atom is 0.325 e. The third kappa shape index (κ3) is 3.89. The summed E-state index contributed by atoms with van der Waals surface area (Å²) in [5.74, 6) is 0. The SMILES string of the molecule is CC=C[Si]F. The molecule has 0 aliphatic heterocycles. The van der Waals surface area contributed by atoms with E-state index < -0.39 is 9.85 Å². The lowest BCUT2D eigenvalue weighted by Crippen LogP contribution is -1.61. The van der Waals surface area contributed by atoms with E-state index in [9.17, 15) is 4.11 Å². The minimum atomic E-state index is -0.523. The first-order valence-corrected chi connectivity index (χ1v) is 2.34. The minimum Gasteiger partial charge on any atom is -0.309 e. The first-order chi connectivity index (χ1) is 2.41. The highest BCUT2D eigenvalue weighted by Gasteiger charge is 1.63. The molecule has 0 amide bonds. The van der Waals surface area contributed by atoms with Gasteiger partial charge in [-0.25, -0.2) is 0 Å². The fourth-order valence-electron chi connectivity index (χ4n) is 0.0630. The normalized spacial score (nSPS) is 10.0. The van der Waals surface area contributed by atoms with Crippen molar-refractivity contribution in [3.8, 4) is 0 Å². The molecule has 0 fully saturated rings. The van der Waals surface area contributed by atoms with Crippen LogP contribution in [0.4, 0.5) is 4.11 Å². The summed E-state index contributed by atoms with van der Waals surface area (Å²) in [5, 5.41) is 0. The average Bonchev–Trinajstić information content (AvgIpc) is 1.41. The molecule has 2 radical (unpaired) electrons. The molecule has 0 aromatic heterocycles. The van der Waals surface area contributed by atoms with Gasteiger partial charge in [-0.15, -0.1) is 0 Å². The smallest absolute Gasteiger partial charge is 0.309 e. The quantitative estimate of drug-likeness (QED) is 0.333. The van der Waals surface area contributed by atoms with E-state index in [1.807, 2.05) is 0 Å². The van der Waals surface area contributed by atoms with Crippen LogP contribution in [0, 0.1) is 0 Å². The fourth-order valence-corrected chi connectivity index (χ4v) is 0.189.